The van der Waals surface area contributed by atoms with E-state index in [9.17, 15) is 0 Å². The topological polar surface area (TPSA) is 21.6 Å². The first-order valence-corrected chi connectivity index (χ1v) is 5.17. The molecule has 0 amide bonds. The molecule has 0 bridgehead atoms. The molecule has 2 heteroatoms. The van der Waals surface area contributed by atoms with Crippen LogP contribution in [0.1, 0.15) is 54.9 Å². The maximum Gasteiger partial charge on any atom is 0.139 e. The fourth-order valence-corrected chi connectivity index (χ4v) is 1.15. The Morgan fingerprint density at radius 2 is 1.64 bits per heavy atom. The van der Waals surface area contributed by atoms with Crippen molar-refractivity contribution < 1.29 is 4.84 Å². The first-order chi connectivity index (χ1) is 6.29. The highest BCUT2D eigenvalue weighted by Crippen LogP contribution is 2.30. The molecule has 0 atom stereocenters. The maximum absolute atomic E-state index is 5.49. The van der Waals surface area contributed by atoms with Crippen molar-refractivity contribution in [2.75, 3.05) is 0 Å². The Bertz CT molecular complexity index is 240. The van der Waals surface area contributed by atoms with E-state index in [1.807, 2.05) is 13.8 Å². The number of oxime groups is 1. The third kappa shape index (κ3) is 4.45. The molecular weight excluding hydrogens is 174 g/mol. The predicted molar refractivity (Wildman–Crippen MR) is 62.3 cm³/mol. The summed E-state index contributed by atoms with van der Waals surface area (Å²) in [6, 6.07) is 0. The van der Waals surface area contributed by atoms with Crippen LogP contribution in [-0.2, 0) is 4.84 Å². The van der Waals surface area contributed by atoms with E-state index in [1.54, 1.807) is 0 Å². The van der Waals surface area contributed by atoms with Gasteiger partial charge in [-0.2, -0.15) is 0 Å². The van der Waals surface area contributed by atoms with Gasteiger partial charge >= 0.3 is 0 Å². The molecule has 0 aromatic carbocycles. The van der Waals surface area contributed by atoms with Gasteiger partial charge < -0.3 is 4.84 Å². The summed E-state index contributed by atoms with van der Waals surface area (Å²) in [5.41, 5.74) is 2.23. The summed E-state index contributed by atoms with van der Waals surface area (Å²) in [5.74, 6) is 0.987. The van der Waals surface area contributed by atoms with Gasteiger partial charge in [0.25, 0.3) is 0 Å². The molecule has 0 aliphatic rings. The van der Waals surface area contributed by atoms with Crippen LogP contribution in [0, 0.1) is 5.41 Å². The quantitative estimate of drug-likeness (QED) is 0.379. The molecule has 0 spiro atoms. The fraction of sp³-hybridized carbons (Fsp3) is 0.750. The van der Waals surface area contributed by atoms with E-state index in [0.29, 0.717) is 0 Å². The van der Waals surface area contributed by atoms with E-state index in [2.05, 4.69) is 39.8 Å². The molecule has 2 nitrogen and oxygen atoms in total. The largest absolute Gasteiger partial charge is 0.361 e. The highest BCUT2D eigenvalue weighted by molar-refractivity contribution is 5.78. The Morgan fingerprint density at radius 3 is 1.93 bits per heavy atom. The van der Waals surface area contributed by atoms with Crippen molar-refractivity contribution in [3.63, 3.8) is 0 Å². The minimum absolute atomic E-state index is 0.0268. The summed E-state index contributed by atoms with van der Waals surface area (Å²) >= 11 is 0. The molecule has 0 aromatic rings. The highest BCUT2D eigenvalue weighted by atomic mass is 16.6. The van der Waals surface area contributed by atoms with Gasteiger partial charge in [-0.25, -0.2) is 0 Å². The van der Waals surface area contributed by atoms with Gasteiger partial charge in [-0.3, -0.25) is 0 Å². The molecular formula is C12H23NO. The predicted octanol–water partition coefficient (Wildman–Crippen LogP) is 4.13. The van der Waals surface area contributed by atoms with Crippen molar-refractivity contribution in [1.29, 1.82) is 0 Å². The molecule has 0 unspecified atom stereocenters. The van der Waals surface area contributed by atoms with Gasteiger partial charge in [0.2, 0.25) is 0 Å². The van der Waals surface area contributed by atoms with E-state index < -0.39 is 0 Å². The van der Waals surface area contributed by atoms with Gasteiger partial charge in [0.1, 0.15) is 5.76 Å². The fourth-order valence-electron chi connectivity index (χ4n) is 1.15. The monoisotopic (exact) mass is 197 g/mol. The van der Waals surface area contributed by atoms with Crippen LogP contribution in [0.15, 0.2) is 16.5 Å². The first kappa shape index (κ1) is 13.2. The zero-order valence-electron chi connectivity index (χ0n) is 10.6. The van der Waals surface area contributed by atoms with Crippen molar-refractivity contribution in [2.45, 2.75) is 54.9 Å². The Kier molecular flexibility index (Phi) is 4.89. The van der Waals surface area contributed by atoms with E-state index in [4.69, 9.17) is 4.84 Å². The van der Waals surface area contributed by atoms with E-state index >= 15 is 0 Å². The van der Waals surface area contributed by atoms with Gasteiger partial charge in [0.15, 0.2) is 0 Å². The third-order valence-electron chi connectivity index (χ3n) is 1.92. The summed E-state index contributed by atoms with van der Waals surface area (Å²) < 4.78 is 0. The molecule has 0 radical (unpaired) electrons. The summed E-state index contributed by atoms with van der Waals surface area (Å²) in [6.45, 7) is 14.5. The molecule has 0 heterocycles. The second kappa shape index (κ2) is 5.18. The molecule has 0 aromatic heterocycles. The van der Waals surface area contributed by atoms with Gasteiger partial charge in [-0.15, -0.1) is 0 Å². The van der Waals surface area contributed by atoms with Crippen molar-refractivity contribution in [2.24, 2.45) is 10.6 Å². The minimum Gasteiger partial charge on any atom is -0.361 e. The highest BCUT2D eigenvalue weighted by Gasteiger charge is 2.21. The van der Waals surface area contributed by atoms with Crippen LogP contribution in [0.3, 0.4) is 0 Å². The summed E-state index contributed by atoms with van der Waals surface area (Å²) in [7, 11) is 0. The average molecular weight is 197 g/mol. The molecule has 0 saturated carbocycles. The van der Waals surface area contributed by atoms with Gasteiger partial charge in [0.05, 0.1) is 5.71 Å². The number of hydrogen-bond donors (Lipinski definition) is 0. The summed E-state index contributed by atoms with van der Waals surface area (Å²) in [5, 5.41) is 4.02. The number of hydrogen-bond acceptors (Lipinski definition) is 2. The normalized spacial score (nSPS) is 13.4. The van der Waals surface area contributed by atoms with Gasteiger partial charge in [-0.05, 0) is 32.8 Å². The zero-order chi connectivity index (χ0) is 11.4. The number of rotatable bonds is 3. The second-order valence-corrected chi connectivity index (χ2v) is 4.84. The lowest BCUT2D eigenvalue weighted by Crippen LogP contribution is -2.13. The standard InChI is InChI=1S/C12H23NO/c1-8-10(4)11(12(5,6)7)14-13-9(2)3/h8H2,1-7H3. The molecule has 0 fully saturated rings. The SMILES string of the molecule is CCC(C)=C(ON=C(C)C)C(C)(C)C. The van der Waals surface area contributed by atoms with Crippen LogP contribution >= 0.6 is 0 Å². The molecule has 0 rings (SSSR count). The lowest BCUT2D eigenvalue weighted by atomic mass is 9.90. The van der Waals surface area contributed by atoms with Gasteiger partial charge in [-0.1, -0.05) is 32.9 Å². The Balaban J connectivity index is 4.86. The van der Waals surface area contributed by atoms with Crippen LogP contribution in [0.5, 0.6) is 0 Å². The maximum atomic E-state index is 5.49. The van der Waals surface area contributed by atoms with Crippen molar-refractivity contribution >= 4 is 5.71 Å². The molecule has 82 valence electrons. The second-order valence-electron chi connectivity index (χ2n) is 4.84. The van der Waals surface area contributed by atoms with Crippen LogP contribution in [0.4, 0.5) is 0 Å². The number of allylic oxidation sites excluding steroid dienone is 2. The third-order valence-corrected chi connectivity index (χ3v) is 1.92. The minimum atomic E-state index is 0.0268. The molecule has 0 N–H and O–H groups in total. The molecule has 14 heavy (non-hydrogen) atoms. The van der Waals surface area contributed by atoms with Crippen LogP contribution in [-0.4, -0.2) is 5.71 Å². The molecule has 0 aliphatic carbocycles. The van der Waals surface area contributed by atoms with Crippen molar-refractivity contribution in [3.8, 4) is 0 Å². The lowest BCUT2D eigenvalue weighted by molar-refractivity contribution is 0.155. The van der Waals surface area contributed by atoms with Gasteiger partial charge in [0, 0.05) is 5.41 Å². The van der Waals surface area contributed by atoms with Crippen molar-refractivity contribution in [3.05, 3.63) is 11.3 Å². The lowest BCUT2D eigenvalue weighted by Gasteiger charge is -2.22. The first-order valence-electron chi connectivity index (χ1n) is 5.17. The Hall–Kier alpha value is -0.790. The van der Waals surface area contributed by atoms with E-state index in [-0.39, 0.29) is 5.41 Å². The summed E-state index contributed by atoms with van der Waals surface area (Å²) in [6.07, 6.45) is 1.00. The smallest absolute Gasteiger partial charge is 0.139 e. The van der Waals surface area contributed by atoms with Crippen LogP contribution in [0.25, 0.3) is 0 Å². The average Bonchev–Trinajstić information content (AvgIpc) is 2.01. The summed E-state index contributed by atoms with van der Waals surface area (Å²) in [4.78, 5) is 5.49. The number of nitrogens with zero attached hydrogens (tertiary/aromatic N) is 1. The van der Waals surface area contributed by atoms with E-state index in [0.717, 1.165) is 17.9 Å². The molecule has 0 aliphatic heterocycles. The van der Waals surface area contributed by atoms with Crippen LogP contribution < -0.4 is 0 Å². The molecule has 0 saturated heterocycles. The van der Waals surface area contributed by atoms with Crippen molar-refractivity contribution in [1.82, 2.24) is 0 Å². The van der Waals surface area contributed by atoms with E-state index in [1.165, 1.54) is 5.57 Å². The Labute approximate surface area is 88.0 Å². The van der Waals surface area contributed by atoms with Crippen LogP contribution in [0.2, 0.25) is 0 Å². The Morgan fingerprint density at radius 1 is 1.14 bits per heavy atom. The zero-order valence-corrected chi connectivity index (χ0v) is 10.6.